The van der Waals surface area contributed by atoms with E-state index in [0.717, 1.165) is 11.1 Å². The van der Waals surface area contributed by atoms with E-state index in [-0.39, 0.29) is 17.6 Å². The minimum absolute atomic E-state index is 0.0734. The van der Waals surface area contributed by atoms with Gasteiger partial charge in [-0.3, -0.25) is 9.59 Å². The molecule has 2 amide bonds. The van der Waals surface area contributed by atoms with Gasteiger partial charge in [0.15, 0.2) is 11.5 Å². The van der Waals surface area contributed by atoms with Crippen molar-refractivity contribution in [2.75, 3.05) is 13.2 Å². The van der Waals surface area contributed by atoms with Crippen molar-refractivity contribution in [2.45, 2.75) is 33.7 Å². The molecule has 1 aromatic heterocycles. The second-order valence-corrected chi connectivity index (χ2v) is 7.66. The summed E-state index contributed by atoms with van der Waals surface area (Å²) < 4.78 is 16.7. The Hall–Kier alpha value is -4.00. The van der Waals surface area contributed by atoms with Crippen LogP contribution in [0, 0.1) is 6.92 Å². The van der Waals surface area contributed by atoms with Crippen LogP contribution in [0.2, 0.25) is 0 Å². The van der Waals surface area contributed by atoms with Gasteiger partial charge in [0.05, 0.1) is 25.5 Å². The fourth-order valence-electron chi connectivity index (χ4n) is 3.35. The molecule has 3 rings (SSSR count). The monoisotopic (exact) mass is 462 g/mol. The molecule has 2 aromatic carbocycles. The molecule has 0 saturated heterocycles. The Balaban J connectivity index is 1.81. The molecule has 3 aromatic rings. The Morgan fingerprint density at radius 2 is 1.76 bits per heavy atom. The first-order chi connectivity index (χ1) is 16.4. The molecule has 178 valence electrons. The third kappa shape index (κ3) is 6.51. The van der Waals surface area contributed by atoms with Crippen molar-refractivity contribution >= 4 is 17.9 Å². The fraction of sp³-hybridized carbons (Fsp3) is 0.259. The first kappa shape index (κ1) is 24.6. The van der Waals surface area contributed by atoms with Crippen LogP contribution in [-0.2, 0) is 4.79 Å². The summed E-state index contributed by atoms with van der Waals surface area (Å²) in [4.78, 5) is 26.0. The molecule has 7 heteroatoms. The lowest BCUT2D eigenvalue weighted by atomic mass is 10.1. The zero-order chi connectivity index (χ0) is 24.5. The second-order valence-electron chi connectivity index (χ2n) is 7.66. The lowest BCUT2D eigenvalue weighted by Crippen LogP contribution is -2.36. The van der Waals surface area contributed by atoms with E-state index in [4.69, 9.17) is 13.9 Å². The third-order valence-corrected chi connectivity index (χ3v) is 5.02. The number of amides is 2. The molecule has 7 nitrogen and oxygen atoms in total. The maximum Gasteiger partial charge on any atom is 0.268 e. The topological polar surface area (TPSA) is 89.8 Å². The number of hydrogen-bond acceptors (Lipinski definition) is 5. The van der Waals surface area contributed by atoms with Gasteiger partial charge in [-0.25, -0.2) is 0 Å². The van der Waals surface area contributed by atoms with Crippen LogP contribution in [0.15, 0.2) is 71.0 Å². The highest BCUT2D eigenvalue weighted by Crippen LogP contribution is 2.30. The summed E-state index contributed by atoms with van der Waals surface area (Å²) in [7, 11) is 0. The number of aryl methyl sites for hydroxylation is 1. The highest BCUT2D eigenvalue weighted by atomic mass is 16.5. The normalized spacial score (nSPS) is 12.1. The first-order valence-corrected chi connectivity index (χ1v) is 11.2. The number of nitrogens with one attached hydrogen (secondary N) is 2. The van der Waals surface area contributed by atoms with Crippen molar-refractivity contribution < 1.29 is 23.5 Å². The Labute approximate surface area is 199 Å². The van der Waals surface area contributed by atoms with Crippen LogP contribution in [0.25, 0.3) is 6.08 Å². The highest BCUT2D eigenvalue weighted by Gasteiger charge is 2.19. The number of rotatable bonds is 10. The van der Waals surface area contributed by atoms with Gasteiger partial charge in [0.25, 0.3) is 11.8 Å². The van der Waals surface area contributed by atoms with Crippen molar-refractivity contribution in [1.29, 1.82) is 0 Å². The highest BCUT2D eigenvalue weighted by molar-refractivity contribution is 6.05. The number of carbonyl (C=O) groups excluding carboxylic acids is 2. The van der Waals surface area contributed by atoms with Gasteiger partial charge in [0.2, 0.25) is 0 Å². The fourth-order valence-corrected chi connectivity index (χ4v) is 3.35. The van der Waals surface area contributed by atoms with E-state index in [2.05, 4.69) is 10.6 Å². The molecule has 0 bridgehead atoms. The van der Waals surface area contributed by atoms with Gasteiger partial charge in [0.1, 0.15) is 11.5 Å². The molecule has 1 atom stereocenters. The average molecular weight is 463 g/mol. The average Bonchev–Trinajstić information content (AvgIpc) is 3.33. The predicted octanol–water partition coefficient (Wildman–Crippen LogP) is 5.03. The minimum Gasteiger partial charge on any atom is -0.490 e. The molecule has 0 spiro atoms. The number of carbonyl (C=O) groups is 2. The van der Waals surface area contributed by atoms with Crippen molar-refractivity contribution in [1.82, 2.24) is 10.6 Å². The van der Waals surface area contributed by atoms with Crippen LogP contribution < -0.4 is 20.1 Å². The zero-order valence-corrected chi connectivity index (χ0v) is 19.9. The van der Waals surface area contributed by atoms with Crippen LogP contribution >= 0.6 is 0 Å². The summed E-state index contributed by atoms with van der Waals surface area (Å²) in [6, 6.07) is 15.8. The SMILES string of the molecule is CCOc1ccc([C@H](C)NC(=O)/C(=C/c2ccco2)NC(=O)c2cccc(C)c2)cc1OCC. The van der Waals surface area contributed by atoms with Crippen LogP contribution in [-0.4, -0.2) is 25.0 Å². The Kier molecular flexibility index (Phi) is 8.51. The molecule has 0 aliphatic heterocycles. The molecule has 0 aliphatic carbocycles. The Morgan fingerprint density at radius 3 is 2.44 bits per heavy atom. The number of benzene rings is 2. The Morgan fingerprint density at radius 1 is 1.00 bits per heavy atom. The Bertz CT molecular complexity index is 1150. The van der Waals surface area contributed by atoms with Crippen LogP contribution in [0.3, 0.4) is 0 Å². The molecule has 0 aliphatic rings. The van der Waals surface area contributed by atoms with Gasteiger partial charge in [-0.1, -0.05) is 23.8 Å². The van der Waals surface area contributed by atoms with Crippen molar-refractivity contribution in [3.8, 4) is 11.5 Å². The van der Waals surface area contributed by atoms with E-state index >= 15 is 0 Å². The van der Waals surface area contributed by atoms with Crippen molar-refractivity contribution in [3.05, 3.63) is 89.0 Å². The quantitative estimate of drug-likeness (QED) is 0.412. The standard InChI is InChI=1S/C27H30N2O5/c1-5-32-24-13-12-20(16-25(24)33-6-2)19(4)28-27(31)23(17-22-11-8-14-34-22)29-26(30)21-10-7-9-18(3)15-21/h7-17,19H,5-6H2,1-4H3,(H,28,31)(H,29,30)/b23-17-/t19-/m0/s1. The molecule has 0 saturated carbocycles. The minimum atomic E-state index is -0.447. The lowest BCUT2D eigenvalue weighted by molar-refractivity contribution is -0.118. The lowest BCUT2D eigenvalue weighted by Gasteiger charge is -2.19. The molecular weight excluding hydrogens is 432 g/mol. The molecule has 34 heavy (non-hydrogen) atoms. The smallest absolute Gasteiger partial charge is 0.268 e. The molecule has 2 N–H and O–H groups in total. The van der Waals surface area contributed by atoms with Crippen molar-refractivity contribution in [3.63, 3.8) is 0 Å². The van der Waals surface area contributed by atoms with Gasteiger partial charge < -0.3 is 24.5 Å². The first-order valence-electron chi connectivity index (χ1n) is 11.2. The van der Waals surface area contributed by atoms with E-state index in [1.165, 1.54) is 12.3 Å². The van der Waals surface area contributed by atoms with Crippen molar-refractivity contribution in [2.24, 2.45) is 0 Å². The number of furan rings is 1. The number of ether oxygens (including phenoxy) is 2. The van der Waals surface area contributed by atoms with Crippen LogP contribution in [0.4, 0.5) is 0 Å². The van der Waals surface area contributed by atoms with E-state index in [9.17, 15) is 9.59 Å². The maximum absolute atomic E-state index is 13.2. The van der Waals surface area contributed by atoms with E-state index < -0.39 is 5.91 Å². The summed E-state index contributed by atoms with van der Waals surface area (Å²) in [5, 5.41) is 5.66. The predicted molar refractivity (Wildman–Crippen MR) is 131 cm³/mol. The molecule has 0 fully saturated rings. The summed E-state index contributed by atoms with van der Waals surface area (Å²) in [5.74, 6) is 0.875. The zero-order valence-electron chi connectivity index (χ0n) is 19.9. The second kappa shape index (κ2) is 11.7. The van der Waals surface area contributed by atoms with Gasteiger partial charge in [-0.05, 0) is 69.7 Å². The largest absolute Gasteiger partial charge is 0.490 e. The maximum atomic E-state index is 13.2. The van der Waals surface area contributed by atoms with Crippen LogP contribution in [0.1, 0.15) is 54.1 Å². The van der Waals surface area contributed by atoms with Crippen LogP contribution in [0.5, 0.6) is 11.5 Å². The molecule has 0 radical (unpaired) electrons. The van der Waals surface area contributed by atoms with Gasteiger partial charge in [-0.15, -0.1) is 0 Å². The summed E-state index contributed by atoms with van der Waals surface area (Å²) in [6.45, 7) is 8.58. The molecule has 1 heterocycles. The third-order valence-electron chi connectivity index (χ3n) is 5.02. The van der Waals surface area contributed by atoms with Gasteiger partial charge in [-0.2, -0.15) is 0 Å². The van der Waals surface area contributed by atoms with E-state index in [0.29, 0.717) is 36.0 Å². The molecular formula is C27H30N2O5. The van der Waals surface area contributed by atoms with E-state index in [1.807, 2.05) is 52.0 Å². The number of hydrogen-bond donors (Lipinski definition) is 2. The molecule has 0 unspecified atom stereocenters. The van der Waals surface area contributed by atoms with Gasteiger partial charge in [0, 0.05) is 11.6 Å². The van der Waals surface area contributed by atoms with E-state index in [1.54, 1.807) is 30.3 Å². The summed E-state index contributed by atoms with van der Waals surface area (Å²) in [5.41, 5.74) is 2.31. The summed E-state index contributed by atoms with van der Waals surface area (Å²) >= 11 is 0. The van der Waals surface area contributed by atoms with Gasteiger partial charge >= 0.3 is 0 Å². The summed E-state index contributed by atoms with van der Waals surface area (Å²) in [6.07, 6.45) is 3.00.